The number of carbonyl (C=O) groups is 2. The zero-order valence-electron chi connectivity index (χ0n) is 11.4. The minimum absolute atomic E-state index is 0.265. The van der Waals surface area contributed by atoms with E-state index in [-0.39, 0.29) is 6.61 Å². The van der Waals surface area contributed by atoms with Crippen LogP contribution in [0.1, 0.15) is 15.9 Å². The normalized spacial score (nSPS) is 9.41. The quantitative estimate of drug-likeness (QED) is 0.812. The van der Waals surface area contributed by atoms with Crippen LogP contribution in [0.3, 0.4) is 0 Å². The molecule has 2 rings (SSSR count). The van der Waals surface area contributed by atoms with Gasteiger partial charge in [-0.05, 0) is 36.4 Å². The second-order valence-electron chi connectivity index (χ2n) is 4.17. The van der Waals surface area contributed by atoms with E-state index in [1.54, 1.807) is 42.6 Å². The van der Waals surface area contributed by atoms with Crippen molar-refractivity contribution in [1.29, 1.82) is 5.26 Å². The number of nitrogens with one attached hydrogen (secondary N) is 2. The first-order chi connectivity index (χ1) is 10.7. The van der Waals surface area contributed by atoms with Crippen LogP contribution in [0.15, 0.2) is 48.8 Å². The van der Waals surface area contributed by atoms with E-state index in [4.69, 9.17) is 10.00 Å². The molecule has 0 spiro atoms. The molecule has 0 bridgehead atoms. The molecule has 1 aromatic heterocycles. The van der Waals surface area contributed by atoms with E-state index in [0.717, 1.165) is 0 Å². The Hall–Kier alpha value is -3.40. The minimum Gasteiger partial charge on any atom is -0.484 e. The summed E-state index contributed by atoms with van der Waals surface area (Å²) in [5, 5.41) is 8.66. The number of carbonyl (C=O) groups excluding carboxylic acids is 2. The molecular weight excluding hydrogens is 284 g/mol. The third kappa shape index (κ3) is 4.31. The van der Waals surface area contributed by atoms with E-state index >= 15 is 0 Å². The van der Waals surface area contributed by atoms with Crippen molar-refractivity contribution in [2.45, 2.75) is 0 Å². The highest BCUT2D eigenvalue weighted by molar-refractivity contribution is 5.95. The summed E-state index contributed by atoms with van der Waals surface area (Å²) in [6, 6.07) is 11.5. The topological polar surface area (TPSA) is 104 Å². The van der Waals surface area contributed by atoms with Gasteiger partial charge in [-0.3, -0.25) is 25.4 Å². The van der Waals surface area contributed by atoms with E-state index in [0.29, 0.717) is 16.9 Å². The van der Waals surface area contributed by atoms with Gasteiger partial charge in [0.05, 0.1) is 17.2 Å². The van der Waals surface area contributed by atoms with Gasteiger partial charge >= 0.3 is 0 Å². The number of benzene rings is 1. The van der Waals surface area contributed by atoms with Crippen molar-refractivity contribution in [3.63, 3.8) is 0 Å². The number of nitrogens with zero attached hydrogens (tertiary/aromatic N) is 2. The number of hydrogen-bond acceptors (Lipinski definition) is 5. The molecule has 1 aromatic carbocycles. The van der Waals surface area contributed by atoms with Gasteiger partial charge in [0.2, 0.25) is 0 Å². The molecular formula is C15H12N4O3. The summed E-state index contributed by atoms with van der Waals surface area (Å²) in [7, 11) is 0. The number of pyridine rings is 1. The van der Waals surface area contributed by atoms with Gasteiger partial charge < -0.3 is 4.74 Å². The summed E-state index contributed by atoms with van der Waals surface area (Å²) in [6.07, 6.45) is 2.93. The van der Waals surface area contributed by atoms with Gasteiger partial charge in [0.15, 0.2) is 6.61 Å². The predicted molar refractivity (Wildman–Crippen MR) is 76.5 cm³/mol. The maximum absolute atomic E-state index is 11.7. The van der Waals surface area contributed by atoms with Crippen molar-refractivity contribution in [3.05, 3.63) is 59.9 Å². The maximum atomic E-state index is 11.7. The highest BCUT2D eigenvalue weighted by Crippen LogP contribution is 2.11. The first kappa shape index (κ1) is 15.0. The van der Waals surface area contributed by atoms with Crippen LogP contribution in [0.2, 0.25) is 0 Å². The summed E-state index contributed by atoms with van der Waals surface area (Å²) in [5.74, 6) is -0.533. The van der Waals surface area contributed by atoms with Gasteiger partial charge in [-0.2, -0.15) is 5.26 Å². The fraction of sp³-hybridized carbons (Fsp3) is 0.0667. The molecule has 7 heteroatoms. The number of hydrazine groups is 1. The Morgan fingerprint density at radius 1 is 1.18 bits per heavy atom. The number of hydrogen-bond donors (Lipinski definition) is 2. The Labute approximate surface area is 126 Å². The summed E-state index contributed by atoms with van der Waals surface area (Å²) in [5.41, 5.74) is 5.31. The third-order valence-electron chi connectivity index (χ3n) is 2.59. The summed E-state index contributed by atoms with van der Waals surface area (Å²) in [4.78, 5) is 27.0. The first-order valence-corrected chi connectivity index (χ1v) is 6.31. The monoisotopic (exact) mass is 296 g/mol. The molecule has 0 fully saturated rings. The fourth-order valence-corrected chi connectivity index (χ4v) is 1.51. The zero-order chi connectivity index (χ0) is 15.8. The molecule has 0 unspecified atom stereocenters. The Kier molecular flexibility index (Phi) is 5.04. The highest BCUT2D eigenvalue weighted by Gasteiger charge is 2.07. The molecule has 2 aromatic rings. The highest BCUT2D eigenvalue weighted by atomic mass is 16.5. The van der Waals surface area contributed by atoms with Gasteiger partial charge in [-0.1, -0.05) is 0 Å². The minimum atomic E-state index is -0.512. The second kappa shape index (κ2) is 7.40. The molecule has 0 aliphatic carbocycles. The standard InChI is InChI=1S/C15H12N4O3/c16-8-11-3-5-13(6-4-11)22-10-14(20)18-19-15(21)12-2-1-7-17-9-12/h1-7,9H,10H2,(H,18,20)(H,19,21). The molecule has 0 radical (unpaired) electrons. The molecule has 0 aliphatic rings. The Morgan fingerprint density at radius 3 is 2.59 bits per heavy atom. The van der Waals surface area contributed by atoms with E-state index in [2.05, 4.69) is 15.8 Å². The molecule has 1 heterocycles. The zero-order valence-corrected chi connectivity index (χ0v) is 11.4. The SMILES string of the molecule is N#Cc1ccc(OCC(=O)NNC(=O)c2cccnc2)cc1. The Bertz CT molecular complexity index is 693. The molecule has 2 amide bonds. The fourth-order valence-electron chi connectivity index (χ4n) is 1.51. The van der Waals surface area contributed by atoms with Crippen LogP contribution in [-0.2, 0) is 4.79 Å². The van der Waals surface area contributed by atoms with Crippen LogP contribution >= 0.6 is 0 Å². The maximum Gasteiger partial charge on any atom is 0.276 e. The van der Waals surface area contributed by atoms with Gasteiger partial charge in [-0.25, -0.2) is 0 Å². The number of amides is 2. The molecule has 0 atom stereocenters. The van der Waals surface area contributed by atoms with Gasteiger partial charge in [-0.15, -0.1) is 0 Å². The van der Waals surface area contributed by atoms with Crippen LogP contribution < -0.4 is 15.6 Å². The van der Waals surface area contributed by atoms with E-state index < -0.39 is 11.8 Å². The first-order valence-electron chi connectivity index (χ1n) is 6.31. The smallest absolute Gasteiger partial charge is 0.276 e. The average Bonchev–Trinajstić information content (AvgIpc) is 2.59. The van der Waals surface area contributed by atoms with Crippen molar-refractivity contribution in [2.75, 3.05) is 6.61 Å². The average molecular weight is 296 g/mol. The van der Waals surface area contributed by atoms with Crippen molar-refractivity contribution in [2.24, 2.45) is 0 Å². The van der Waals surface area contributed by atoms with E-state index in [1.165, 1.54) is 6.20 Å². The van der Waals surface area contributed by atoms with Crippen molar-refractivity contribution < 1.29 is 14.3 Å². The number of rotatable bonds is 4. The molecule has 22 heavy (non-hydrogen) atoms. The van der Waals surface area contributed by atoms with E-state index in [1.807, 2.05) is 6.07 Å². The Balaban J connectivity index is 1.76. The molecule has 7 nitrogen and oxygen atoms in total. The largest absolute Gasteiger partial charge is 0.484 e. The lowest BCUT2D eigenvalue weighted by molar-refractivity contribution is -0.123. The number of ether oxygens (including phenoxy) is 1. The molecule has 0 saturated carbocycles. The van der Waals surface area contributed by atoms with Crippen molar-refractivity contribution in [3.8, 4) is 11.8 Å². The summed E-state index contributed by atoms with van der Waals surface area (Å²) >= 11 is 0. The summed E-state index contributed by atoms with van der Waals surface area (Å²) in [6.45, 7) is -0.265. The van der Waals surface area contributed by atoms with E-state index in [9.17, 15) is 9.59 Å². The van der Waals surface area contributed by atoms with Gasteiger partial charge in [0.25, 0.3) is 11.8 Å². The summed E-state index contributed by atoms with van der Waals surface area (Å²) < 4.78 is 5.22. The lowest BCUT2D eigenvalue weighted by atomic mass is 10.2. The lowest BCUT2D eigenvalue weighted by Gasteiger charge is -2.08. The van der Waals surface area contributed by atoms with Gasteiger partial charge in [0, 0.05) is 12.4 Å². The third-order valence-corrected chi connectivity index (χ3v) is 2.59. The molecule has 2 N–H and O–H groups in total. The molecule has 0 aliphatic heterocycles. The van der Waals surface area contributed by atoms with Crippen LogP contribution in [-0.4, -0.2) is 23.4 Å². The van der Waals surface area contributed by atoms with Crippen molar-refractivity contribution >= 4 is 11.8 Å². The number of aromatic nitrogens is 1. The van der Waals surface area contributed by atoms with Gasteiger partial charge in [0.1, 0.15) is 5.75 Å². The van der Waals surface area contributed by atoms with Crippen molar-refractivity contribution in [1.82, 2.24) is 15.8 Å². The predicted octanol–water partition coefficient (Wildman–Crippen LogP) is 0.793. The number of nitriles is 1. The van der Waals surface area contributed by atoms with Crippen LogP contribution in [0.4, 0.5) is 0 Å². The van der Waals surface area contributed by atoms with Crippen LogP contribution in [0.5, 0.6) is 5.75 Å². The van der Waals surface area contributed by atoms with Crippen LogP contribution in [0, 0.1) is 11.3 Å². The Morgan fingerprint density at radius 2 is 1.95 bits per heavy atom. The van der Waals surface area contributed by atoms with Crippen LogP contribution in [0.25, 0.3) is 0 Å². The molecule has 0 saturated heterocycles. The second-order valence-corrected chi connectivity index (χ2v) is 4.17. The lowest BCUT2D eigenvalue weighted by Crippen LogP contribution is -2.43. The molecule has 110 valence electrons.